The number of hydrogen-bond donors (Lipinski definition) is 2. The first kappa shape index (κ1) is 10.9. The molecule has 0 amide bonds. The summed E-state index contributed by atoms with van der Waals surface area (Å²) in [5, 5.41) is 3.20. The van der Waals surface area contributed by atoms with Crippen molar-refractivity contribution in [2.45, 2.75) is 46.7 Å². The minimum absolute atomic E-state index is 0.134. The van der Waals surface area contributed by atoms with Gasteiger partial charge >= 0.3 is 0 Å². The first-order valence-electron chi connectivity index (χ1n) is 4.41. The Kier molecular flexibility index (Phi) is 4.69. The van der Waals surface area contributed by atoms with Gasteiger partial charge in [-0.2, -0.15) is 0 Å². The highest BCUT2D eigenvalue weighted by atomic mass is 15.0. The molecular formula is C9H22N2. The van der Waals surface area contributed by atoms with E-state index in [4.69, 9.17) is 5.73 Å². The van der Waals surface area contributed by atoms with Gasteiger partial charge in [-0.1, -0.05) is 20.8 Å². The van der Waals surface area contributed by atoms with E-state index in [0.29, 0.717) is 5.41 Å². The highest BCUT2D eigenvalue weighted by Crippen LogP contribution is 2.19. The Morgan fingerprint density at radius 1 is 1.36 bits per heavy atom. The van der Waals surface area contributed by atoms with E-state index in [9.17, 15) is 0 Å². The summed E-state index contributed by atoms with van der Waals surface area (Å²) in [5.74, 6) is 0. The van der Waals surface area contributed by atoms with E-state index in [0.717, 1.165) is 6.54 Å². The molecule has 0 aromatic carbocycles. The van der Waals surface area contributed by atoms with E-state index >= 15 is 0 Å². The van der Waals surface area contributed by atoms with Crippen molar-refractivity contribution in [1.29, 1.82) is 0 Å². The monoisotopic (exact) mass is 158 g/mol. The van der Waals surface area contributed by atoms with E-state index in [1.165, 1.54) is 12.8 Å². The molecule has 0 fully saturated rings. The molecule has 0 saturated carbocycles. The molecule has 0 aromatic heterocycles. The van der Waals surface area contributed by atoms with Gasteiger partial charge in [-0.25, -0.2) is 0 Å². The molecule has 0 aliphatic heterocycles. The second kappa shape index (κ2) is 4.73. The normalized spacial score (nSPS) is 15.0. The zero-order valence-corrected chi connectivity index (χ0v) is 8.28. The van der Waals surface area contributed by atoms with Crippen LogP contribution in [0, 0.1) is 5.41 Å². The average molecular weight is 158 g/mol. The van der Waals surface area contributed by atoms with Gasteiger partial charge in [0.25, 0.3) is 0 Å². The Labute approximate surface area is 70.5 Å². The van der Waals surface area contributed by atoms with Crippen LogP contribution in [0.3, 0.4) is 0 Å². The lowest BCUT2D eigenvalue weighted by Gasteiger charge is -2.18. The highest BCUT2D eigenvalue weighted by Gasteiger charge is 2.08. The van der Waals surface area contributed by atoms with Gasteiger partial charge < -0.3 is 11.1 Å². The van der Waals surface area contributed by atoms with Crippen LogP contribution in [0.1, 0.15) is 40.5 Å². The summed E-state index contributed by atoms with van der Waals surface area (Å²) in [6, 6.07) is 0. The number of nitrogens with two attached hydrogens (primary N) is 1. The van der Waals surface area contributed by atoms with Gasteiger partial charge in [0.2, 0.25) is 0 Å². The van der Waals surface area contributed by atoms with Gasteiger partial charge in [-0.15, -0.1) is 0 Å². The molecule has 2 heteroatoms. The molecule has 1 atom stereocenters. The third-order valence-corrected chi connectivity index (χ3v) is 1.57. The fourth-order valence-electron chi connectivity index (χ4n) is 0.948. The topological polar surface area (TPSA) is 38.0 Å². The van der Waals surface area contributed by atoms with Crippen molar-refractivity contribution in [2.24, 2.45) is 11.1 Å². The van der Waals surface area contributed by atoms with Crippen molar-refractivity contribution < 1.29 is 0 Å². The Hall–Kier alpha value is -0.0800. The van der Waals surface area contributed by atoms with Gasteiger partial charge in [0.15, 0.2) is 0 Å². The van der Waals surface area contributed by atoms with Crippen molar-refractivity contribution in [2.75, 3.05) is 6.54 Å². The molecule has 3 N–H and O–H groups in total. The molecule has 0 spiro atoms. The van der Waals surface area contributed by atoms with Gasteiger partial charge in [-0.3, -0.25) is 0 Å². The van der Waals surface area contributed by atoms with Crippen LogP contribution in [0.4, 0.5) is 0 Å². The molecule has 1 unspecified atom stereocenters. The molecule has 2 nitrogen and oxygen atoms in total. The molecule has 11 heavy (non-hydrogen) atoms. The molecule has 0 aromatic rings. The van der Waals surface area contributed by atoms with Crippen LogP contribution in [0.15, 0.2) is 0 Å². The molecule has 0 bridgehead atoms. The van der Waals surface area contributed by atoms with Crippen molar-refractivity contribution >= 4 is 0 Å². The zero-order chi connectivity index (χ0) is 8.91. The Bertz CT molecular complexity index is 92.2. The highest BCUT2D eigenvalue weighted by molar-refractivity contribution is 4.62. The number of rotatable bonds is 4. The lowest BCUT2D eigenvalue weighted by atomic mass is 9.91. The van der Waals surface area contributed by atoms with E-state index in [1.54, 1.807) is 0 Å². The summed E-state index contributed by atoms with van der Waals surface area (Å²) in [7, 11) is 0. The summed E-state index contributed by atoms with van der Waals surface area (Å²) >= 11 is 0. The molecule has 0 aliphatic rings. The third-order valence-electron chi connectivity index (χ3n) is 1.57. The van der Waals surface area contributed by atoms with Crippen molar-refractivity contribution in [1.82, 2.24) is 5.32 Å². The first-order chi connectivity index (χ1) is 4.92. The fraction of sp³-hybridized carbons (Fsp3) is 1.00. The SMILES string of the molecule is CC(N)NCCCC(C)(C)C. The summed E-state index contributed by atoms with van der Waals surface area (Å²) in [6.45, 7) is 9.79. The smallest absolute Gasteiger partial charge is 0.0517 e. The minimum Gasteiger partial charge on any atom is -0.316 e. The van der Waals surface area contributed by atoms with E-state index in [1.807, 2.05) is 6.92 Å². The molecule has 0 heterocycles. The Morgan fingerprint density at radius 2 is 1.91 bits per heavy atom. The van der Waals surface area contributed by atoms with Crippen molar-refractivity contribution in [3.63, 3.8) is 0 Å². The van der Waals surface area contributed by atoms with E-state index < -0.39 is 0 Å². The Balaban J connectivity index is 3.15. The molecule has 0 rings (SSSR count). The van der Waals surface area contributed by atoms with Crippen LogP contribution in [-0.4, -0.2) is 12.7 Å². The lowest BCUT2D eigenvalue weighted by molar-refractivity contribution is 0.357. The zero-order valence-electron chi connectivity index (χ0n) is 8.28. The maximum atomic E-state index is 5.53. The minimum atomic E-state index is 0.134. The lowest BCUT2D eigenvalue weighted by Crippen LogP contribution is -2.35. The number of nitrogens with one attached hydrogen (secondary N) is 1. The molecule has 0 radical (unpaired) electrons. The van der Waals surface area contributed by atoms with Crippen LogP contribution >= 0.6 is 0 Å². The second-order valence-electron chi connectivity index (χ2n) is 4.41. The number of hydrogen-bond acceptors (Lipinski definition) is 2. The summed E-state index contributed by atoms with van der Waals surface area (Å²) in [5.41, 5.74) is 5.99. The van der Waals surface area contributed by atoms with E-state index in [-0.39, 0.29) is 6.17 Å². The first-order valence-corrected chi connectivity index (χ1v) is 4.41. The molecule has 0 aliphatic carbocycles. The van der Waals surface area contributed by atoms with Gasteiger partial charge in [-0.05, 0) is 31.7 Å². The fourth-order valence-corrected chi connectivity index (χ4v) is 0.948. The van der Waals surface area contributed by atoms with Crippen LogP contribution in [0.25, 0.3) is 0 Å². The quantitative estimate of drug-likeness (QED) is 0.483. The predicted octanol–water partition coefficient (Wildman–Crippen LogP) is 1.71. The maximum Gasteiger partial charge on any atom is 0.0517 e. The molecule has 68 valence electrons. The van der Waals surface area contributed by atoms with Gasteiger partial charge in [0.05, 0.1) is 6.17 Å². The largest absolute Gasteiger partial charge is 0.316 e. The van der Waals surface area contributed by atoms with Gasteiger partial charge in [0.1, 0.15) is 0 Å². The van der Waals surface area contributed by atoms with Crippen molar-refractivity contribution in [3.05, 3.63) is 0 Å². The summed E-state index contributed by atoms with van der Waals surface area (Å²) in [4.78, 5) is 0. The van der Waals surface area contributed by atoms with Crippen LogP contribution in [0.2, 0.25) is 0 Å². The molecule has 0 saturated heterocycles. The third kappa shape index (κ3) is 9.92. The predicted molar refractivity (Wildman–Crippen MR) is 50.3 cm³/mol. The van der Waals surface area contributed by atoms with Crippen molar-refractivity contribution in [3.8, 4) is 0 Å². The Morgan fingerprint density at radius 3 is 2.27 bits per heavy atom. The molecular weight excluding hydrogens is 136 g/mol. The summed E-state index contributed by atoms with van der Waals surface area (Å²) in [6.07, 6.45) is 2.60. The second-order valence-corrected chi connectivity index (χ2v) is 4.41. The average Bonchev–Trinajstić information content (AvgIpc) is 1.78. The maximum absolute atomic E-state index is 5.53. The standard InChI is InChI=1S/C9H22N2/c1-8(10)11-7-5-6-9(2,3)4/h8,11H,5-7,10H2,1-4H3. The van der Waals surface area contributed by atoms with Crippen LogP contribution in [0.5, 0.6) is 0 Å². The van der Waals surface area contributed by atoms with Gasteiger partial charge in [0, 0.05) is 0 Å². The van der Waals surface area contributed by atoms with E-state index in [2.05, 4.69) is 26.1 Å². The van der Waals surface area contributed by atoms with Crippen LogP contribution in [-0.2, 0) is 0 Å². The van der Waals surface area contributed by atoms with Crippen LogP contribution < -0.4 is 11.1 Å². The summed E-state index contributed by atoms with van der Waals surface area (Å²) < 4.78 is 0.